The van der Waals surface area contributed by atoms with E-state index in [1.165, 1.54) is 10.9 Å². The van der Waals surface area contributed by atoms with Crippen LogP contribution in [0.15, 0.2) is 34.9 Å². The number of fused-ring (bicyclic) bond motifs is 1. The smallest absolute Gasteiger partial charge is 0.303 e. The lowest BCUT2D eigenvalue weighted by atomic mass is 9.93. The molecule has 1 fully saturated rings. The molecular weight excluding hydrogens is 254 g/mol. The zero-order valence-electron chi connectivity index (χ0n) is 11.4. The van der Waals surface area contributed by atoms with Crippen molar-refractivity contribution in [2.24, 2.45) is 5.92 Å². The maximum atomic E-state index is 10.7. The molecule has 0 bridgehead atoms. The van der Waals surface area contributed by atoms with Crippen LogP contribution in [0.25, 0.3) is 11.0 Å². The fourth-order valence-corrected chi connectivity index (χ4v) is 2.99. The average molecular weight is 273 g/mol. The summed E-state index contributed by atoms with van der Waals surface area (Å²) in [5.41, 5.74) is 2.15. The summed E-state index contributed by atoms with van der Waals surface area (Å²) >= 11 is 0. The van der Waals surface area contributed by atoms with E-state index in [4.69, 9.17) is 9.52 Å². The summed E-state index contributed by atoms with van der Waals surface area (Å²) in [5.74, 6) is -0.339. The Morgan fingerprint density at radius 2 is 2.05 bits per heavy atom. The van der Waals surface area contributed by atoms with Crippen LogP contribution < -0.4 is 0 Å². The summed E-state index contributed by atoms with van der Waals surface area (Å²) in [6.07, 6.45) is 4.10. The second-order valence-electron chi connectivity index (χ2n) is 5.57. The number of piperidine rings is 1. The highest BCUT2D eigenvalue weighted by atomic mass is 16.4. The first-order valence-electron chi connectivity index (χ1n) is 7.11. The van der Waals surface area contributed by atoms with Gasteiger partial charge in [-0.15, -0.1) is 0 Å². The number of rotatable bonds is 4. The van der Waals surface area contributed by atoms with Crippen LogP contribution >= 0.6 is 0 Å². The van der Waals surface area contributed by atoms with Gasteiger partial charge in [0.05, 0.1) is 6.26 Å². The summed E-state index contributed by atoms with van der Waals surface area (Å²) in [6.45, 7) is 2.83. The van der Waals surface area contributed by atoms with Crippen molar-refractivity contribution in [3.8, 4) is 0 Å². The number of carboxylic acid groups (broad SMARTS) is 1. The lowest BCUT2D eigenvalue weighted by Crippen LogP contribution is -2.33. The summed E-state index contributed by atoms with van der Waals surface area (Å²) < 4.78 is 5.56. The number of nitrogens with zero attached hydrogens (tertiary/aromatic N) is 1. The third-order valence-corrected chi connectivity index (χ3v) is 4.13. The Balaban J connectivity index is 1.61. The second-order valence-corrected chi connectivity index (χ2v) is 5.57. The van der Waals surface area contributed by atoms with E-state index < -0.39 is 5.97 Å². The van der Waals surface area contributed by atoms with Gasteiger partial charge < -0.3 is 9.52 Å². The van der Waals surface area contributed by atoms with Gasteiger partial charge in [-0.2, -0.15) is 0 Å². The summed E-state index contributed by atoms with van der Waals surface area (Å²) in [6, 6.07) is 8.08. The largest absolute Gasteiger partial charge is 0.481 e. The molecule has 1 saturated heterocycles. The zero-order valence-corrected chi connectivity index (χ0v) is 11.4. The summed E-state index contributed by atoms with van der Waals surface area (Å²) in [7, 11) is 0. The fraction of sp³-hybridized carbons (Fsp3) is 0.438. The molecule has 1 aliphatic heterocycles. The predicted molar refractivity (Wildman–Crippen MR) is 76.5 cm³/mol. The molecule has 4 nitrogen and oxygen atoms in total. The van der Waals surface area contributed by atoms with E-state index in [2.05, 4.69) is 11.0 Å². The Labute approximate surface area is 118 Å². The van der Waals surface area contributed by atoms with Gasteiger partial charge in [0.2, 0.25) is 0 Å². The van der Waals surface area contributed by atoms with Gasteiger partial charge in [0.1, 0.15) is 5.58 Å². The Hall–Kier alpha value is -1.81. The van der Waals surface area contributed by atoms with Gasteiger partial charge in [-0.25, -0.2) is 0 Å². The molecule has 1 aliphatic rings. The number of carboxylic acids is 1. The fourth-order valence-electron chi connectivity index (χ4n) is 2.99. The molecule has 4 heteroatoms. The highest BCUT2D eigenvalue weighted by molar-refractivity contribution is 5.80. The van der Waals surface area contributed by atoms with Crippen molar-refractivity contribution in [2.45, 2.75) is 25.8 Å². The minimum absolute atomic E-state index is 0.308. The number of carbonyl (C=O) groups is 1. The molecule has 0 atom stereocenters. The minimum atomic E-state index is -0.677. The molecule has 1 aromatic carbocycles. The van der Waals surface area contributed by atoms with E-state index in [1.54, 1.807) is 0 Å². The molecule has 1 N–H and O–H groups in total. The quantitative estimate of drug-likeness (QED) is 0.930. The minimum Gasteiger partial charge on any atom is -0.481 e. The Kier molecular flexibility index (Phi) is 3.74. The zero-order chi connectivity index (χ0) is 13.9. The molecule has 0 saturated carbocycles. The van der Waals surface area contributed by atoms with Crippen molar-refractivity contribution < 1.29 is 14.3 Å². The molecule has 0 amide bonds. The number of aliphatic carboxylic acids is 1. The first kappa shape index (κ1) is 13.2. The summed E-state index contributed by atoms with van der Waals surface area (Å²) in [5, 5.41) is 10.0. The maximum absolute atomic E-state index is 10.7. The van der Waals surface area contributed by atoms with Crippen molar-refractivity contribution in [3.63, 3.8) is 0 Å². The number of hydrogen-bond acceptors (Lipinski definition) is 3. The number of benzene rings is 1. The maximum Gasteiger partial charge on any atom is 0.303 e. The Morgan fingerprint density at radius 3 is 2.80 bits per heavy atom. The topological polar surface area (TPSA) is 53.7 Å². The summed E-state index contributed by atoms with van der Waals surface area (Å²) in [4.78, 5) is 13.1. The van der Waals surface area contributed by atoms with Gasteiger partial charge in [-0.3, -0.25) is 9.69 Å². The molecule has 0 unspecified atom stereocenters. The van der Waals surface area contributed by atoms with E-state index in [-0.39, 0.29) is 0 Å². The van der Waals surface area contributed by atoms with Gasteiger partial charge in [-0.1, -0.05) is 18.2 Å². The monoisotopic (exact) mass is 273 g/mol. The van der Waals surface area contributed by atoms with Crippen LogP contribution in [-0.2, 0) is 11.3 Å². The molecular formula is C16H19NO3. The molecule has 3 rings (SSSR count). The standard InChI is InChI=1S/C16H19NO3/c18-16(19)9-12-5-7-17(8-6-12)10-13-11-20-15-4-2-1-3-14(13)15/h1-4,11-12H,5-10H2,(H,18,19). The van der Waals surface area contributed by atoms with Crippen molar-refractivity contribution in [1.82, 2.24) is 4.90 Å². The van der Waals surface area contributed by atoms with Gasteiger partial charge in [0.25, 0.3) is 0 Å². The molecule has 2 aromatic rings. The molecule has 2 heterocycles. The van der Waals surface area contributed by atoms with Crippen LogP contribution in [0.1, 0.15) is 24.8 Å². The first-order valence-corrected chi connectivity index (χ1v) is 7.11. The first-order chi connectivity index (χ1) is 9.72. The van der Waals surface area contributed by atoms with Crippen LogP contribution in [0, 0.1) is 5.92 Å². The number of furan rings is 1. The van der Waals surface area contributed by atoms with Crippen molar-refractivity contribution >= 4 is 16.9 Å². The van der Waals surface area contributed by atoms with Crippen molar-refractivity contribution in [2.75, 3.05) is 13.1 Å². The molecule has 0 spiro atoms. The number of hydrogen-bond donors (Lipinski definition) is 1. The Morgan fingerprint density at radius 1 is 1.30 bits per heavy atom. The lowest BCUT2D eigenvalue weighted by molar-refractivity contribution is -0.138. The third kappa shape index (κ3) is 2.85. The molecule has 106 valence electrons. The van der Waals surface area contributed by atoms with Crippen LogP contribution in [0.2, 0.25) is 0 Å². The number of likely N-dealkylation sites (tertiary alicyclic amines) is 1. The van der Waals surface area contributed by atoms with E-state index >= 15 is 0 Å². The highest BCUT2D eigenvalue weighted by Gasteiger charge is 2.22. The van der Waals surface area contributed by atoms with E-state index in [0.29, 0.717) is 12.3 Å². The second kappa shape index (κ2) is 5.67. The van der Waals surface area contributed by atoms with E-state index in [1.807, 2.05) is 24.5 Å². The lowest BCUT2D eigenvalue weighted by Gasteiger charge is -2.31. The molecule has 0 aliphatic carbocycles. The molecule has 1 aromatic heterocycles. The average Bonchev–Trinajstić information content (AvgIpc) is 2.84. The van der Waals surface area contributed by atoms with E-state index in [0.717, 1.165) is 38.1 Å². The Bertz CT molecular complexity index is 597. The molecule has 0 radical (unpaired) electrons. The SMILES string of the molecule is O=C(O)CC1CCN(Cc2coc3ccccc23)CC1. The predicted octanol–water partition coefficient (Wildman–Crippen LogP) is 3.12. The molecule has 20 heavy (non-hydrogen) atoms. The van der Waals surface area contributed by atoms with Crippen LogP contribution in [0.5, 0.6) is 0 Å². The van der Waals surface area contributed by atoms with Crippen molar-refractivity contribution in [1.29, 1.82) is 0 Å². The number of para-hydroxylation sites is 1. The van der Waals surface area contributed by atoms with Gasteiger partial charge in [0, 0.05) is 23.9 Å². The van der Waals surface area contributed by atoms with Gasteiger partial charge in [0.15, 0.2) is 0 Å². The van der Waals surface area contributed by atoms with Gasteiger partial charge in [-0.05, 0) is 37.9 Å². The van der Waals surface area contributed by atoms with Gasteiger partial charge >= 0.3 is 5.97 Å². The van der Waals surface area contributed by atoms with Crippen molar-refractivity contribution in [3.05, 3.63) is 36.1 Å². The van der Waals surface area contributed by atoms with Crippen LogP contribution in [-0.4, -0.2) is 29.1 Å². The highest BCUT2D eigenvalue weighted by Crippen LogP contribution is 2.25. The van der Waals surface area contributed by atoms with Crippen LogP contribution in [0.4, 0.5) is 0 Å². The van der Waals surface area contributed by atoms with Crippen LogP contribution in [0.3, 0.4) is 0 Å². The normalized spacial score (nSPS) is 17.6. The third-order valence-electron chi connectivity index (χ3n) is 4.13. The van der Waals surface area contributed by atoms with E-state index in [9.17, 15) is 4.79 Å².